The highest BCUT2D eigenvalue weighted by atomic mass is 19.3. The predicted molar refractivity (Wildman–Crippen MR) is 112 cm³/mol. The number of fused-ring (bicyclic) bond motifs is 5. The molecule has 3 amide bonds. The fourth-order valence-corrected chi connectivity index (χ4v) is 5.56. The van der Waals surface area contributed by atoms with E-state index in [1.807, 2.05) is 5.32 Å². The minimum absolute atomic E-state index is 0.0725. The van der Waals surface area contributed by atoms with Gasteiger partial charge in [0.2, 0.25) is 17.4 Å². The zero-order valence-electron chi connectivity index (χ0n) is 18.7. The minimum Gasteiger partial charge on any atom is -0.372 e. The van der Waals surface area contributed by atoms with E-state index in [2.05, 4.69) is 10.5 Å². The average molecular weight is 494 g/mol. The Hall–Kier alpha value is -3.48. The van der Waals surface area contributed by atoms with Crippen LogP contribution in [-0.2, 0) is 25.5 Å². The number of amides is 3. The molecule has 13 heteroatoms. The molecule has 3 aliphatic heterocycles. The number of nitrogens with one attached hydrogen (secondary N) is 2. The largest absolute Gasteiger partial charge is 0.372 e. The zero-order valence-corrected chi connectivity index (χ0v) is 18.7. The quantitative estimate of drug-likeness (QED) is 0.479. The predicted octanol–water partition coefficient (Wildman–Crippen LogP) is 1.10. The van der Waals surface area contributed by atoms with E-state index in [1.54, 1.807) is 18.7 Å². The summed E-state index contributed by atoms with van der Waals surface area (Å²) in [6.07, 6.45) is -4.64. The molecule has 0 radical (unpaired) electrons. The summed E-state index contributed by atoms with van der Waals surface area (Å²) in [6.45, 7) is 2.64. The molecule has 2 fully saturated rings. The van der Waals surface area contributed by atoms with Crippen LogP contribution < -0.4 is 15.5 Å². The van der Waals surface area contributed by atoms with Crippen LogP contribution in [0.4, 0.5) is 18.9 Å². The Balaban J connectivity index is 1.69. The van der Waals surface area contributed by atoms with Gasteiger partial charge in [-0.05, 0) is 31.9 Å². The van der Waals surface area contributed by atoms with Crippen LogP contribution in [0.1, 0.15) is 36.3 Å². The Labute approximate surface area is 196 Å². The van der Waals surface area contributed by atoms with E-state index in [4.69, 9.17) is 9.26 Å². The van der Waals surface area contributed by atoms with Crippen molar-refractivity contribution in [3.63, 3.8) is 0 Å². The number of imide groups is 1. The molecule has 2 N–H and O–H groups in total. The van der Waals surface area contributed by atoms with Crippen LogP contribution in [0, 0.1) is 11.2 Å². The van der Waals surface area contributed by atoms with Gasteiger partial charge < -0.3 is 19.5 Å². The monoisotopic (exact) mass is 494 g/mol. The Kier molecular flexibility index (Phi) is 5.34. The van der Waals surface area contributed by atoms with Crippen molar-refractivity contribution >= 4 is 40.2 Å². The van der Waals surface area contributed by atoms with E-state index < -0.39 is 72.0 Å². The topological polar surface area (TPSA) is 131 Å². The lowest BCUT2D eigenvalue weighted by Crippen LogP contribution is -2.72. The van der Waals surface area contributed by atoms with Crippen LogP contribution in [0.15, 0.2) is 10.6 Å². The number of aromatic nitrogens is 1. The summed E-state index contributed by atoms with van der Waals surface area (Å²) in [5.74, 6) is -3.99. The van der Waals surface area contributed by atoms with Gasteiger partial charge in [0, 0.05) is 6.54 Å². The van der Waals surface area contributed by atoms with E-state index in [9.17, 15) is 28.0 Å². The van der Waals surface area contributed by atoms with E-state index in [0.717, 1.165) is 0 Å². The van der Waals surface area contributed by atoms with Crippen LogP contribution in [0.3, 0.4) is 0 Å². The first-order chi connectivity index (χ1) is 16.5. The maximum absolute atomic E-state index is 15.9. The van der Waals surface area contributed by atoms with Crippen LogP contribution in [0.25, 0.3) is 11.0 Å². The summed E-state index contributed by atoms with van der Waals surface area (Å²) in [5, 5.41) is 7.71. The first kappa shape index (κ1) is 23.3. The average Bonchev–Trinajstić information content (AvgIpc) is 3.19. The van der Waals surface area contributed by atoms with Gasteiger partial charge in [-0.3, -0.25) is 24.5 Å². The van der Waals surface area contributed by atoms with Gasteiger partial charge in [-0.1, -0.05) is 5.16 Å². The lowest BCUT2D eigenvalue weighted by Gasteiger charge is -2.55. The number of halogens is 3. The number of carbonyl (C=O) groups is 4. The maximum Gasteiger partial charge on any atom is 0.274 e. The molecule has 0 bridgehead atoms. The molecule has 2 saturated heterocycles. The number of Topliss-reactive ketones (excluding diaryl/α,β-unsaturated/α-hetero) is 1. The van der Waals surface area contributed by atoms with Gasteiger partial charge in [-0.2, -0.15) is 0 Å². The minimum atomic E-state index is -2.80. The molecule has 10 nitrogen and oxygen atoms in total. The number of rotatable bonds is 3. The fourth-order valence-electron chi connectivity index (χ4n) is 5.56. The standard InChI is InChI=1S/C22H21F3N4O6/c1-8-7-29-17-10(3-11-16(20(32)26-6-13(23)24)28-35-18(11)15(17)25)5-22(19(29)9(2)34-8)12(30)4-14(31)27-21(22)33/h3,8-9,13,19H,4-7H2,1-2H3,(H,26,32)(H,27,31,33)/t8-,9+,19-,22?/m1/s1. The van der Waals surface area contributed by atoms with Crippen LogP contribution in [0.5, 0.6) is 0 Å². The van der Waals surface area contributed by atoms with Gasteiger partial charge >= 0.3 is 0 Å². The number of anilines is 1. The van der Waals surface area contributed by atoms with Crippen molar-refractivity contribution in [2.75, 3.05) is 18.0 Å². The number of nitrogens with zero attached hydrogens (tertiary/aromatic N) is 2. The van der Waals surface area contributed by atoms with Crippen LogP contribution >= 0.6 is 0 Å². The lowest BCUT2D eigenvalue weighted by molar-refractivity contribution is -0.158. The SMILES string of the molecule is C[C@@H]1CN2c3c(cc4c(C(=O)NCC(F)F)noc4c3F)CC3(C(=O)CC(=O)NC3=O)[C@H]2[C@H](C)O1. The number of carbonyl (C=O) groups excluding carboxylic acids is 4. The highest BCUT2D eigenvalue weighted by molar-refractivity contribution is 6.22. The summed E-state index contributed by atoms with van der Waals surface area (Å²) in [7, 11) is 0. The Bertz CT molecular complexity index is 1260. The highest BCUT2D eigenvalue weighted by Gasteiger charge is 2.62. The lowest BCUT2D eigenvalue weighted by atomic mass is 9.63. The van der Waals surface area contributed by atoms with Gasteiger partial charge in [0.05, 0.1) is 42.3 Å². The molecule has 4 heterocycles. The first-order valence-corrected chi connectivity index (χ1v) is 11.0. The van der Waals surface area contributed by atoms with Crippen molar-refractivity contribution in [2.24, 2.45) is 5.41 Å². The molecule has 1 aromatic heterocycles. The number of benzene rings is 1. The number of piperidine rings is 1. The number of ketones is 1. The number of ether oxygens (including phenoxy) is 1. The molecule has 5 rings (SSSR count). The first-order valence-electron chi connectivity index (χ1n) is 11.0. The number of hydrogen-bond acceptors (Lipinski definition) is 8. The third-order valence-corrected chi connectivity index (χ3v) is 6.81. The van der Waals surface area contributed by atoms with Crippen LogP contribution in [-0.4, -0.2) is 66.4 Å². The summed E-state index contributed by atoms with van der Waals surface area (Å²) in [5.41, 5.74) is -2.21. The molecule has 1 spiro atoms. The molecule has 4 atom stereocenters. The molecule has 35 heavy (non-hydrogen) atoms. The van der Waals surface area contributed by atoms with Crippen LogP contribution in [0.2, 0.25) is 0 Å². The van der Waals surface area contributed by atoms with Crippen molar-refractivity contribution in [3.8, 4) is 0 Å². The van der Waals surface area contributed by atoms with Gasteiger partial charge in [-0.25, -0.2) is 13.2 Å². The molecule has 0 saturated carbocycles. The van der Waals surface area contributed by atoms with E-state index in [0.29, 0.717) is 0 Å². The van der Waals surface area contributed by atoms with E-state index in [1.165, 1.54) is 6.07 Å². The second-order valence-electron chi connectivity index (χ2n) is 9.08. The second kappa shape index (κ2) is 8.04. The van der Waals surface area contributed by atoms with Crippen molar-refractivity contribution < 1.29 is 41.6 Å². The van der Waals surface area contributed by atoms with Crippen molar-refractivity contribution in [1.82, 2.24) is 15.8 Å². The third-order valence-electron chi connectivity index (χ3n) is 6.81. The summed E-state index contributed by atoms with van der Waals surface area (Å²) in [6, 6.07) is 0.469. The molecule has 3 aliphatic rings. The summed E-state index contributed by atoms with van der Waals surface area (Å²) >= 11 is 0. The number of hydrogen-bond donors (Lipinski definition) is 2. The Morgan fingerprint density at radius 1 is 1.34 bits per heavy atom. The normalized spacial score (nSPS) is 28.3. The molecule has 2 aromatic rings. The highest BCUT2D eigenvalue weighted by Crippen LogP contribution is 2.50. The number of alkyl halides is 2. The third kappa shape index (κ3) is 3.39. The second-order valence-corrected chi connectivity index (χ2v) is 9.08. The van der Waals surface area contributed by atoms with Gasteiger partial charge in [0.25, 0.3) is 12.3 Å². The Morgan fingerprint density at radius 2 is 2.09 bits per heavy atom. The summed E-state index contributed by atoms with van der Waals surface area (Å²) in [4.78, 5) is 52.4. The molecule has 186 valence electrons. The van der Waals surface area contributed by atoms with Crippen molar-refractivity contribution in [3.05, 3.63) is 23.1 Å². The zero-order chi connectivity index (χ0) is 25.2. The van der Waals surface area contributed by atoms with Gasteiger partial charge in [-0.15, -0.1) is 0 Å². The maximum atomic E-state index is 15.9. The fraction of sp³-hybridized carbons (Fsp3) is 0.500. The number of morpholine rings is 1. The van der Waals surface area contributed by atoms with Crippen molar-refractivity contribution in [1.29, 1.82) is 0 Å². The van der Waals surface area contributed by atoms with Gasteiger partial charge in [0.1, 0.15) is 5.41 Å². The molecule has 1 unspecified atom stereocenters. The van der Waals surface area contributed by atoms with Crippen molar-refractivity contribution in [2.45, 2.75) is 51.4 Å². The smallest absolute Gasteiger partial charge is 0.274 e. The molecular formula is C22H21F3N4O6. The Morgan fingerprint density at radius 3 is 2.77 bits per heavy atom. The van der Waals surface area contributed by atoms with E-state index in [-0.39, 0.29) is 41.3 Å². The molecular weight excluding hydrogens is 473 g/mol. The summed E-state index contributed by atoms with van der Waals surface area (Å²) < 4.78 is 51.9. The molecule has 1 aromatic carbocycles. The van der Waals surface area contributed by atoms with E-state index >= 15 is 4.39 Å². The molecule has 0 aliphatic carbocycles. The van der Waals surface area contributed by atoms with Gasteiger partial charge in [0.15, 0.2) is 17.3 Å².